The van der Waals surface area contributed by atoms with Gasteiger partial charge < -0.3 is 29.4 Å². The van der Waals surface area contributed by atoms with Crippen molar-refractivity contribution in [3.63, 3.8) is 0 Å². The Morgan fingerprint density at radius 2 is 1.22 bits per heavy atom. The van der Waals surface area contributed by atoms with Crippen LogP contribution in [0, 0.1) is 0 Å². The molecule has 8 heteroatoms. The van der Waals surface area contributed by atoms with E-state index in [1.54, 1.807) is 0 Å². The number of H-pyrrole nitrogens is 2. The molecule has 0 unspecified atom stereocenters. The summed E-state index contributed by atoms with van der Waals surface area (Å²) < 4.78 is 11.6. The zero-order chi connectivity index (χ0) is 24.9. The first-order chi connectivity index (χ1) is 17.6. The lowest BCUT2D eigenvalue weighted by molar-refractivity contribution is 0.233. The van der Waals surface area contributed by atoms with E-state index in [0.717, 1.165) is 69.3 Å². The van der Waals surface area contributed by atoms with E-state index in [1.165, 1.54) is 0 Å². The van der Waals surface area contributed by atoms with E-state index in [9.17, 15) is 0 Å². The number of fused-ring (bicyclic) bond motifs is 2. The molecule has 36 heavy (non-hydrogen) atoms. The van der Waals surface area contributed by atoms with Gasteiger partial charge in [0.15, 0.2) is 0 Å². The molecule has 5 rings (SSSR count). The summed E-state index contributed by atoms with van der Waals surface area (Å²) in [5.41, 5.74) is 5.63. The summed E-state index contributed by atoms with van der Waals surface area (Å²) in [7, 11) is 4.13. The molecule has 0 aliphatic rings. The van der Waals surface area contributed by atoms with Gasteiger partial charge in [0.25, 0.3) is 0 Å². The Labute approximate surface area is 209 Å². The van der Waals surface area contributed by atoms with Crippen LogP contribution in [-0.4, -0.2) is 70.4 Å². The first-order valence-electron chi connectivity index (χ1n) is 12.2. The minimum absolute atomic E-state index is 0.117. The minimum Gasteiger partial charge on any atom is -0.493 e. The Bertz CT molecular complexity index is 1440. The van der Waals surface area contributed by atoms with E-state index in [2.05, 4.69) is 29.0 Å². The fourth-order valence-corrected chi connectivity index (χ4v) is 4.04. The van der Waals surface area contributed by atoms with E-state index in [-0.39, 0.29) is 6.61 Å². The number of imidazole rings is 2. The van der Waals surface area contributed by atoms with Crippen LogP contribution in [0.15, 0.2) is 60.7 Å². The molecule has 186 valence electrons. The van der Waals surface area contributed by atoms with Crippen molar-refractivity contribution in [1.29, 1.82) is 0 Å². The number of nitrogens with one attached hydrogen (secondary N) is 2. The normalized spacial score (nSPS) is 11.6. The third-order valence-electron chi connectivity index (χ3n) is 5.93. The van der Waals surface area contributed by atoms with Gasteiger partial charge in [-0.1, -0.05) is 24.3 Å². The second kappa shape index (κ2) is 10.8. The highest BCUT2D eigenvalue weighted by Crippen LogP contribution is 2.28. The first-order valence-corrected chi connectivity index (χ1v) is 12.2. The van der Waals surface area contributed by atoms with Crippen LogP contribution in [0.3, 0.4) is 0 Å². The highest BCUT2D eigenvalue weighted by Gasteiger charge is 2.10. The van der Waals surface area contributed by atoms with Crippen molar-refractivity contribution in [2.24, 2.45) is 0 Å². The summed E-state index contributed by atoms with van der Waals surface area (Å²) in [6.07, 6.45) is 1.58. The summed E-state index contributed by atoms with van der Waals surface area (Å²) in [5.74, 6) is 3.19. The van der Waals surface area contributed by atoms with Crippen LogP contribution in [-0.2, 0) is 0 Å². The minimum atomic E-state index is 0.117. The van der Waals surface area contributed by atoms with Crippen molar-refractivity contribution in [2.45, 2.75) is 12.8 Å². The fourth-order valence-electron chi connectivity index (χ4n) is 4.04. The highest BCUT2D eigenvalue weighted by molar-refractivity contribution is 5.82. The standard InChI is InChI=1S/C28H31N5O3/c1-33(2)13-3-15-35-21-9-11-23-25(17-21)31-27(29-23)19-5-7-20(8-6-19)28-30-24-12-10-22(18-26(24)32-28)36-16-4-14-34/h5-12,17-18,34H,3-4,13-16H2,1-2H3,(H,29,31)(H,30,32). The van der Waals surface area contributed by atoms with Gasteiger partial charge in [0.2, 0.25) is 0 Å². The molecule has 0 atom stereocenters. The monoisotopic (exact) mass is 485 g/mol. The van der Waals surface area contributed by atoms with Gasteiger partial charge in [-0.15, -0.1) is 0 Å². The Kier molecular flexibility index (Phi) is 7.16. The summed E-state index contributed by atoms with van der Waals surface area (Å²) in [5, 5.41) is 8.93. The summed E-state index contributed by atoms with van der Waals surface area (Å²) >= 11 is 0. The zero-order valence-corrected chi connectivity index (χ0v) is 20.6. The van der Waals surface area contributed by atoms with Crippen molar-refractivity contribution in [3.8, 4) is 34.3 Å². The molecule has 0 saturated carbocycles. The molecule has 0 saturated heterocycles. The van der Waals surface area contributed by atoms with E-state index in [4.69, 9.17) is 24.5 Å². The lowest BCUT2D eigenvalue weighted by Gasteiger charge is -2.10. The van der Waals surface area contributed by atoms with Gasteiger partial charge in [0.1, 0.15) is 23.1 Å². The topological polar surface area (TPSA) is 99.3 Å². The lowest BCUT2D eigenvalue weighted by atomic mass is 10.1. The van der Waals surface area contributed by atoms with Crippen LogP contribution in [0.4, 0.5) is 0 Å². The van der Waals surface area contributed by atoms with Crippen molar-refractivity contribution in [1.82, 2.24) is 24.8 Å². The number of hydrogen-bond donors (Lipinski definition) is 3. The second-order valence-electron chi connectivity index (χ2n) is 9.04. The molecule has 0 radical (unpaired) electrons. The van der Waals surface area contributed by atoms with Gasteiger partial charge in [-0.25, -0.2) is 9.97 Å². The Morgan fingerprint density at radius 1 is 0.722 bits per heavy atom. The number of rotatable bonds is 11. The van der Waals surface area contributed by atoms with Crippen LogP contribution in [0.1, 0.15) is 12.8 Å². The van der Waals surface area contributed by atoms with Crippen LogP contribution < -0.4 is 9.47 Å². The third kappa shape index (κ3) is 5.50. The molecule has 0 aliphatic carbocycles. The summed E-state index contributed by atoms with van der Waals surface area (Å²) in [6, 6.07) is 19.9. The molecule has 8 nitrogen and oxygen atoms in total. The number of ether oxygens (including phenoxy) is 2. The van der Waals surface area contributed by atoms with Crippen molar-refractivity contribution in [2.75, 3.05) is 40.5 Å². The van der Waals surface area contributed by atoms with Crippen LogP contribution in [0.5, 0.6) is 11.5 Å². The Morgan fingerprint density at radius 3 is 1.69 bits per heavy atom. The van der Waals surface area contributed by atoms with Gasteiger partial charge >= 0.3 is 0 Å². The molecule has 3 N–H and O–H groups in total. The van der Waals surface area contributed by atoms with Gasteiger partial charge in [0, 0.05) is 42.8 Å². The molecule has 5 aromatic rings. The maximum absolute atomic E-state index is 8.93. The predicted molar refractivity (Wildman–Crippen MR) is 142 cm³/mol. The van der Waals surface area contributed by atoms with Gasteiger partial charge in [0.05, 0.1) is 35.3 Å². The van der Waals surface area contributed by atoms with Crippen LogP contribution in [0.25, 0.3) is 44.8 Å². The average molecular weight is 486 g/mol. The van der Waals surface area contributed by atoms with Crippen LogP contribution >= 0.6 is 0 Å². The number of hydrogen-bond acceptors (Lipinski definition) is 6. The van der Waals surface area contributed by atoms with E-state index >= 15 is 0 Å². The zero-order valence-electron chi connectivity index (χ0n) is 20.6. The first kappa shape index (κ1) is 23.8. The molecule has 2 heterocycles. The lowest BCUT2D eigenvalue weighted by Crippen LogP contribution is -2.15. The molecule has 0 bridgehead atoms. The number of aliphatic hydroxyl groups is 1. The quantitative estimate of drug-likeness (QED) is 0.231. The number of nitrogens with zero attached hydrogens (tertiary/aromatic N) is 3. The maximum atomic E-state index is 8.93. The van der Waals surface area contributed by atoms with Crippen molar-refractivity contribution >= 4 is 22.1 Å². The van der Waals surface area contributed by atoms with Gasteiger partial charge in [-0.2, -0.15) is 0 Å². The number of aromatic nitrogens is 4. The van der Waals surface area contributed by atoms with Crippen molar-refractivity contribution < 1.29 is 14.6 Å². The van der Waals surface area contributed by atoms with Gasteiger partial charge in [-0.3, -0.25) is 0 Å². The largest absolute Gasteiger partial charge is 0.493 e. The third-order valence-corrected chi connectivity index (χ3v) is 5.93. The molecule has 0 aliphatic heterocycles. The number of benzene rings is 3. The smallest absolute Gasteiger partial charge is 0.138 e. The van der Waals surface area contributed by atoms with Crippen LogP contribution in [0.2, 0.25) is 0 Å². The molecule has 3 aromatic carbocycles. The van der Waals surface area contributed by atoms with E-state index in [1.807, 2.05) is 60.7 Å². The predicted octanol–water partition coefficient (Wildman–Crippen LogP) is 4.86. The van der Waals surface area contributed by atoms with E-state index in [0.29, 0.717) is 19.6 Å². The Balaban J connectivity index is 1.29. The fraction of sp³-hybridized carbons (Fsp3) is 0.286. The summed E-state index contributed by atoms with van der Waals surface area (Å²) in [6.45, 7) is 2.28. The average Bonchev–Trinajstić information content (AvgIpc) is 3.50. The number of aliphatic hydroxyl groups excluding tert-OH is 1. The second-order valence-corrected chi connectivity index (χ2v) is 9.04. The summed E-state index contributed by atoms with van der Waals surface area (Å²) in [4.78, 5) is 18.4. The molecule has 0 fully saturated rings. The molecule has 0 amide bonds. The molecule has 2 aromatic heterocycles. The van der Waals surface area contributed by atoms with Crippen molar-refractivity contribution in [3.05, 3.63) is 60.7 Å². The highest BCUT2D eigenvalue weighted by atomic mass is 16.5. The van der Waals surface area contributed by atoms with Gasteiger partial charge in [-0.05, 0) is 44.8 Å². The Hall–Kier alpha value is -3.88. The number of aromatic amines is 2. The maximum Gasteiger partial charge on any atom is 0.138 e. The SMILES string of the molecule is CN(C)CCCOc1ccc2[nH]c(-c3ccc(-c4nc5cc(OCCCO)ccc5[nH]4)cc3)nc2c1. The molecule has 0 spiro atoms. The molecular weight excluding hydrogens is 454 g/mol. The van der Waals surface area contributed by atoms with E-state index < -0.39 is 0 Å². The molecular formula is C28H31N5O3.